The van der Waals surface area contributed by atoms with Gasteiger partial charge >= 0.3 is 0 Å². The zero-order valence-electron chi connectivity index (χ0n) is 11.4. The molecule has 104 valence electrons. The highest BCUT2D eigenvalue weighted by Gasteiger charge is 2.23. The van der Waals surface area contributed by atoms with Crippen LogP contribution in [0.25, 0.3) is 0 Å². The normalized spacial score (nSPS) is 11.5. The molecule has 0 aliphatic carbocycles. The highest BCUT2D eigenvalue weighted by atomic mass is 32.1. The number of anilines is 2. The summed E-state index contributed by atoms with van der Waals surface area (Å²) >= 11 is 3.12. The van der Waals surface area contributed by atoms with Gasteiger partial charge in [-0.15, -0.1) is 11.3 Å². The van der Waals surface area contributed by atoms with Gasteiger partial charge in [0.05, 0.1) is 6.61 Å². The van der Waals surface area contributed by atoms with E-state index in [1.165, 1.54) is 16.4 Å². The van der Waals surface area contributed by atoms with Gasteiger partial charge in [-0.25, -0.2) is 0 Å². The lowest BCUT2D eigenvalue weighted by Crippen LogP contribution is -2.26. The molecule has 0 fully saturated rings. The lowest BCUT2D eigenvalue weighted by Gasteiger charge is -2.24. The van der Waals surface area contributed by atoms with Crippen molar-refractivity contribution in [2.75, 3.05) is 24.2 Å². The third kappa shape index (κ3) is 3.19. The van der Waals surface area contributed by atoms with Crippen molar-refractivity contribution in [1.82, 2.24) is 4.37 Å². The summed E-state index contributed by atoms with van der Waals surface area (Å²) in [6.45, 7) is 7.78. The van der Waals surface area contributed by atoms with Crippen LogP contribution in [0.1, 0.15) is 25.6 Å². The molecule has 2 heterocycles. The molecule has 2 aromatic rings. The van der Waals surface area contributed by atoms with Gasteiger partial charge in [0.25, 0.3) is 0 Å². The number of hydrogen-bond donors (Lipinski definition) is 2. The number of ether oxygens (including phenoxy) is 1. The Kier molecular flexibility index (Phi) is 4.31. The average molecular weight is 297 g/mol. The zero-order chi connectivity index (χ0) is 13.9. The molecular weight excluding hydrogens is 278 g/mol. The van der Waals surface area contributed by atoms with Crippen molar-refractivity contribution in [1.29, 1.82) is 0 Å². The van der Waals surface area contributed by atoms with Crippen LogP contribution in [0, 0.1) is 0 Å². The van der Waals surface area contributed by atoms with Crippen molar-refractivity contribution < 1.29 is 4.74 Å². The van der Waals surface area contributed by atoms with E-state index in [2.05, 4.69) is 41.1 Å². The summed E-state index contributed by atoms with van der Waals surface area (Å²) < 4.78 is 9.66. The Balaban J connectivity index is 2.06. The quantitative estimate of drug-likeness (QED) is 0.855. The molecule has 0 aliphatic heterocycles. The van der Waals surface area contributed by atoms with Gasteiger partial charge in [0.15, 0.2) is 16.6 Å². The van der Waals surface area contributed by atoms with Crippen molar-refractivity contribution in [2.24, 2.45) is 0 Å². The monoisotopic (exact) mass is 297 g/mol. The fraction of sp³-hybridized carbons (Fsp3) is 0.462. The Labute approximate surface area is 121 Å². The number of nitrogen functional groups attached to an aromatic ring is 1. The van der Waals surface area contributed by atoms with Crippen LogP contribution >= 0.6 is 22.9 Å². The summed E-state index contributed by atoms with van der Waals surface area (Å²) in [6, 6.07) is 4.24. The minimum absolute atomic E-state index is 0.0659. The van der Waals surface area contributed by atoms with Gasteiger partial charge in [-0.3, -0.25) is 0 Å². The standard InChI is InChI=1S/C13H19N3OS2/c1-4-17-10-11(14)16-19-12(10)15-8-13(2,3)9-6-5-7-18-9/h5-7,15H,4,8H2,1-3H3,(H2,14,16). The Morgan fingerprint density at radius 3 is 2.89 bits per heavy atom. The first kappa shape index (κ1) is 14.1. The van der Waals surface area contributed by atoms with Crippen LogP contribution in [0.2, 0.25) is 0 Å². The molecule has 0 aromatic carbocycles. The first-order valence-corrected chi connectivity index (χ1v) is 7.85. The molecule has 19 heavy (non-hydrogen) atoms. The van der Waals surface area contributed by atoms with Gasteiger partial charge in [0.2, 0.25) is 0 Å². The van der Waals surface area contributed by atoms with Crippen molar-refractivity contribution >= 4 is 33.7 Å². The Bertz CT molecular complexity index is 520. The summed E-state index contributed by atoms with van der Waals surface area (Å²) in [5.41, 5.74) is 5.86. The van der Waals surface area contributed by atoms with Gasteiger partial charge in [-0.1, -0.05) is 19.9 Å². The maximum atomic E-state index is 5.80. The number of rotatable bonds is 6. The lowest BCUT2D eigenvalue weighted by molar-refractivity contribution is 0.344. The Morgan fingerprint density at radius 2 is 2.26 bits per heavy atom. The molecule has 6 heteroatoms. The summed E-state index contributed by atoms with van der Waals surface area (Å²) in [6.07, 6.45) is 0. The smallest absolute Gasteiger partial charge is 0.197 e. The minimum Gasteiger partial charge on any atom is -0.487 e. The van der Waals surface area contributed by atoms with Gasteiger partial charge in [0.1, 0.15) is 0 Å². The SMILES string of the molecule is CCOc1c(N)nsc1NCC(C)(C)c1cccs1. The fourth-order valence-corrected chi connectivity index (χ4v) is 3.25. The van der Waals surface area contributed by atoms with E-state index in [0.29, 0.717) is 18.2 Å². The molecule has 0 saturated heterocycles. The molecule has 0 bridgehead atoms. The van der Waals surface area contributed by atoms with E-state index < -0.39 is 0 Å². The van der Waals surface area contributed by atoms with Crippen molar-refractivity contribution in [3.8, 4) is 5.75 Å². The fourth-order valence-electron chi connectivity index (χ4n) is 1.74. The summed E-state index contributed by atoms with van der Waals surface area (Å²) in [5.74, 6) is 1.14. The third-order valence-electron chi connectivity index (χ3n) is 2.84. The second kappa shape index (κ2) is 5.79. The largest absolute Gasteiger partial charge is 0.487 e. The summed E-state index contributed by atoms with van der Waals surface area (Å²) in [4.78, 5) is 1.36. The van der Waals surface area contributed by atoms with Crippen LogP contribution in [0.5, 0.6) is 5.75 Å². The molecule has 3 N–H and O–H groups in total. The van der Waals surface area contributed by atoms with Gasteiger partial charge < -0.3 is 15.8 Å². The maximum Gasteiger partial charge on any atom is 0.197 e. The Morgan fingerprint density at radius 1 is 1.47 bits per heavy atom. The highest BCUT2D eigenvalue weighted by Crippen LogP contribution is 2.36. The number of thiophene rings is 1. The van der Waals surface area contributed by atoms with Gasteiger partial charge in [-0.05, 0) is 29.9 Å². The number of nitrogens with two attached hydrogens (primary N) is 1. The predicted molar refractivity (Wildman–Crippen MR) is 83.5 cm³/mol. The molecule has 0 saturated carbocycles. The molecule has 2 rings (SSSR count). The van der Waals surface area contributed by atoms with E-state index in [0.717, 1.165) is 11.5 Å². The minimum atomic E-state index is 0.0659. The van der Waals surface area contributed by atoms with E-state index in [4.69, 9.17) is 10.5 Å². The summed E-state index contributed by atoms with van der Waals surface area (Å²) in [7, 11) is 0. The van der Waals surface area contributed by atoms with Crippen LogP contribution in [-0.2, 0) is 5.41 Å². The first-order chi connectivity index (χ1) is 9.04. The van der Waals surface area contributed by atoms with E-state index >= 15 is 0 Å². The van der Waals surface area contributed by atoms with Crippen LogP contribution in [0.15, 0.2) is 17.5 Å². The van der Waals surface area contributed by atoms with Crippen LogP contribution in [-0.4, -0.2) is 17.5 Å². The van der Waals surface area contributed by atoms with Crippen LogP contribution < -0.4 is 15.8 Å². The topological polar surface area (TPSA) is 60.2 Å². The molecular formula is C13H19N3OS2. The second-order valence-corrected chi connectivity index (χ2v) is 6.59. The number of nitrogens with one attached hydrogen (secondary N) is 1. The van der Waals surface area contributed by atoms with E-state index in [-0.39, 0.29) is 5.41 Å². The molecule has 0 aliphatic rings. The predicted octanol–water partition coefficient (Wildman–Crippen LogP) is 3.58. The average Bonchev–Trinajstić information content (AvgIpc) is 3.00. The summed E-state index contributed by atoms with van der Waals surface area (Å²) in [5, 5.41) is 6.42. The molecule has 0 amide bonds. The number of aromatic nitrogens is 1. The van der Waals surface area contributed by atoms with Crippen LogP contribution in [0.4, 0.5) is 10.8 Å². The first-order valence-electron chi connectivity index (χ1n) is 6.20. The molecule has 4 nitrogen and oxygen atoms in total. The van der Waals surface area contributed by atoms with Gasteiger partial charge in [0, 0.05) is 16.8 Å². The highest BCUT2D eigenvalue weighted by molar-refractivity contribution is 7.11. The van der Waals surface area contributed by atoms with E-state index in [1.54, 1.807) is 11.3 Å². The van der Waals surface area contributed by atoms with Crippen molar-refractivity contribution in [3.05, 3.63) is 22.4 Å². The molecule has 0 unspecified atom stereocenters. The number of nitrogens with zero attached hydrogens (tertiary/aromatic N) is 1. The van der Waals surface area contributed by atoms with Crippen molar-refractivity contribution in [3.63, 3.8) is 0 Å². The van der Waals surface area contributed by atoms with Crippen LogP contribution in [0.3, 0.4) is 0 Å². The van der Waals surface area contributed by atoms with E-state index in [9.17, 15) is 0 Å². The molecule has 2 aromatic heterocycles. The second-order valence-electron chi connectivity index (χ2n) is 4.87. The molecule has 0 atom stereocenters. The lowest BCUT2D eigenvalue weighted by atomic mass is 9.91. The van der Waals surface area contributed by atoms with E-state index in [1.807, 2.05) is 6.92 Å². The zero-order valence-corrected chi connectivity index (χ0v) is 13.0. The number of hydrogen-bond acceptors (Lipinski definition) is 6. The van der Waals surface area contributed by atoms with Crippen molar-refractivity contribution in [2.45, 2.75) is 26.2 Å². The molecule has 0 radical (unpaired) electrons. The Hall–Kier alpha value is -1.27. The third-order valence-corrected chi connectivity index (χ3v) is 4.88. The molecule has 0 spiro atoms. The maximum absolute atomic E-state index is 5.80. The van der Waals surface area contributed by atoms with Gasteiger partial charge in [-0.2, -0.15) is 4.37 Å².